The zero-order chi connectivity index (χ0) is 16.2. The molecule has 2 heterocycles. The van der Waals surface area contributed by atoms with Gasteiger partial charge in [-0.1, -0.05) is 0 Å². The summed E-state index contributed by atoms with van der Waals surface area (Å²) in [7, 11) is 1.65. The molecule has 1 unspecified atom stereocenters. The lowest BCUT2D eigenvalue weighted by Gasteiger charge is -2.19. The van der Waals surface area contributed by atoms with Crippen molar-refractivity contribution in [3.05, 3.63) is 16.1 Å². The highest BCUT2D eigenvalue weighted by atomic mass is 127. The fourth-order valence-corrected chi connectivity index (χ4v) is 3.11. The molecule has 2 N–H and O–H groups in total. The highest BCUT2D eigenvalue weighted by molar-refractivity contribution is 14.0. The smallest absolute Gasteiger partial charge is 0.352 e. The van der Waals surface area contributed by atoms with Crippen LogP contribution >= 0.6 is 35.3 Å². The van der Waals surface area contributed by atoms with Gasteiger partial charge in [0.1, 0.15) is 0 Å². The van der Waals surface area contributed by atoms with Crippen molar-refractivity contribution in [3.8, 4) is 0 Å². The largest absolute Gasteiger partial charge is 0.401 e. The Morgan fingerprint density at radius 1 is 1.52 bits per heavy atom. The predicted molar refractivity (Wildman–Crippen MR) is 96.5 cm³/mol. The van der Waals surface area contributed by atoms with E-state index < -0.39 is 12.7 Å². The van der Waals surface area contributed by atoms with Gasteiger partial charge in [-0.25, -0.2) is 4.98 Å². The summed E-state index contributed by atoms with van der Waals surface area (Å²) in [6.07, 6.45) is -3.46. The normalized spacial score (nSPS) is 19.5. The second-order valence-corrected chi connectivity index (χ2v) is 6.21. The summed E-state index contributed by atoms with van der Waals surface area (Å²) in [5.41, 5.74) is 2.76. The van der Waals surface area contributed by atoms with E-state index in [4.69, 9.17) is 0 Å². The monoisotopic (exact) mass is 463 g/mol. The minimum atomic E-state index is -4.14. The second kappa shape index (κ2) is 9.02. The van der Waals surface area contributed by atoms with Gasteiger partial charge in [0.25, 0.3) is 0 Å². The molecule has 1 aliphatic heterocycles. The average molecular weight is 463 g/mol. The van der Waals surface area contributed by atoms with E-state index in [-0.39, 0.29) is 30.0 Å². The van der Waals surface area contributed by atoms with Gasteiger partial charge in [-0.3, -0.25) is 9.89 Å². The maximum absolute atomic E-state index is 12.4. The van der Waals surface area contributed by atoms with Crippen molar-refractivity contribution in [2.24, 2.45) is 4.99 Å². The number of nitrogens with zero attached hydrogens (tertiary/aromatic N) is 3. The number of aryl methyl sites for hydroxylation is 1. The van der Waals surface area contributed by atoms with Crippen molar-refractivity contribution in [1.29, 1.82) is 0 Å². The molecule has 1 saturated heterocycles. The number of aliphatic imine (C=N–C) groups is 1. The van der Waals surface area contributed by atoms with Gasteiger partial charge in [-0.15, -0.1) is 35.3 Å². The summed E-state index contributed by atoms with van der Waals surface area (Å²) >= 11 is 1.56. The first-order chi connectivity index (χ1) is 10.4. The maximum Gasteiger partial charge on any atom is 0.401 e. The van der Waals surface area contributed by atoms with E-state index in [1.165, 1.54) is 4.90 Å². The first-order valence-electron chi connectivity index (χ1n) is 7.02. The molecule has 0 aromatic carbocycles. The number of hydrogen-bond acceptors (Lipinski definition) is 4. The van der Waals surface area contributed by atoms with Crippen LogP contribution in [0.15, 0.2) is 10.5 Å². The third-order valence-corrected chi connectivity index (χ3v) is 4.44. The van der Waals surface area contributed by atoms with E-state index in [9.17, 15) is 13.2 Å². The fraction of sp³-hybridized carbons (Fsp3) is 0.692. The maximum atomic E-state index is 12.4. The van der Waals surface area contributed by atoms with Gasteiger partial charge in [0.15, 0.2) is 5.96 Å². The minimum absolute atomic E-state index is 0. The Kier molecular flexibility index (Phi) is 8.01. The van der Waals surface area contributed by atoms with Crippen LogP contribution in [0.3, 0.4) is 0 Å². The molecule has 0 amide bonds. The van der Waals surface area contributed by atoms with Crippen LogP contribution in [0.4, 0.5) is 13.2 Å². The molecule has 1 aromatic rings. The molecule has 0 bridgehead atoms. The van der Waals surface area contributed by atoms with Crippen LogP contribution in [-0.2, 0) is 6.54 Å². The van der Waals surface area contributed by atoms with Gasteiger partial charge in [-0.05, 0) is 13.3 Å². The van der Waals surface area contributed by atoms with Crippen LogP contribution < -0.4 is 10.6 Å². The Hall–Kier alpha value is -0.620. The average Bonchev–Trinajstić information content (AvgIpc) is 3.02. The molecule has 5 nitrogen and oxygen atoms in total. The Balaban J connectivity index is 0.00000264. The molecule has 132 valence electrons. The Labute approximate surface area is 154 Å². The third kappa shape index (κ3) is 6.79. The number of likely N-dealkylation sites (tertiary alicyclic amines) is 1. The van der Waals surface area contributed by atoms with Gasteiger partial charge in [0.05, 0.1) is 24.3 Å². The number of aromatic nitrogens is 1. The summed E-state index contributed by atoms with van der Waals surface area (Å²) in [4.78, 5) is 10.8. The molecule has 23 heavy (non-hydrogen) atoms. The summed E-state index contributed by atoms with van der Waals surface area (Å²) in [5.74, 6) is 0.603. The Bertz CT molecular complexity index is 520. The van der Waals surface area contributed by atoms with E-state index in [1.807, 2.05) is 6.92 Å². The molecular weight excluding hydrogens is 442 g/mol. The van der Waals surface area contributed by atoms with Crippen LogP contribution in [0, 0.1) is 6.92 Å². The van der Waals surface area contributed by atoms with Crippen molar-refractivity contribution in [3.63, 3.8) is 0 Å². The van der Waals surface area contributed by atoms with Crippen LogP contribution in [-0.4, -0.2) is 54.7 Å². The minimum Gasteiger partial charge on any atom is -0.352 e. The van der Waals surface area contributed by atoms with E-state index >= 15 is 0 Å². The van der Waals surface area contributed by atoms with Crippen LogP contribution in [0.1, 0.15) is 17.0 Å². The SMILES string of the molecule is CN=C(NCc1scnc1C)NC1CCN(CC(F)(F)F)C1.I. The molecule has 1 fully saturated rings. The summed E-state index contributed by atoms with van der Waals surface area (Å²) in [6, 6.07) is -0.0175. The molecule has 1 aromatic heterocycles. The van der Waals surface area contributed by atoms with E-state index in [0.29, 0.717) is 32.0 Å². The highest BCUT2D eigenvalue weighted by Gasteiger charge is 2.34. The standard InChI is InChI=1S/C13H20F3N5S.HI/c1-9-11(22-8-19-9)5-18-12(17-2)20-10-3-4-21(6-10)7-13(14,15)16;/h8,10H,3-7H2,1-2H3,(H2,17,18,20);1H. The lowest BCUT2D eigenvalue weighted by atomic mass is 10.3. The number of nitrogens with one attached hydrogen (secondary N) is 2. The summed E-state index contributed by atoms with van der Waals surface area (Å²) < 4.78 is 37.1. The first kappa shape index (κ1) is 20.4. The summed E-state index contributed by atoms with van der Waals surface area (Å²) in [5, 5.41) is 6.35. The van der Waals surface area contributed by atoms with Crippen LogP contribution in [0.2, 0.25) is 0 Å². The van der Waals surface area contributed by atoms with Crippen molar-refractivity contribution in [2.75, 3.05) is 26.7 Å². The van der Waals surface area contributed by atoms with E-state index in [1.54, 1.807) is 23.9 Å². The fourth-order valence-electron chi connectivity index (χ4n) is 2.40. The molecule has 2 rings (SSSR count). The van der Waals surface area contributed by atoms with Gasteiger partial charge in [-0.2, -0.15) is 13.2 Å². The molecule has 0 saturated carbocycles. The van der Waals surface area contributed by atoms with Crippen LogP contribution in [0.25, 0.3) is 0 Å². The zero-order valence-corrected chi connectivity index (χ0v) is 16.1. The summed E-state index contributed by atoms with van der Waals surface area (Å²) in [6.45, 7) is 2.52. The van der Waals surface area contributed by atoms with Gasteiger partial charge >= 0.3 is 6.18 Å². The van der Waals surface area contributed by atoms with Crippen molar-refractivity contribution < 1.29 is 13.2 Å². The van der Waals surface area contributed by atoms with E-state index in [0.717, 1.165) is 10.6 Å². The van der Waals surface area contributed by atoms with Crippen molar-refractivity contribution in [1.82, 2.24) is 20.5 Å². The lowest BCUT2D eigenvalue weighted by Crippen LogP contribution is -2.44. The molecule has 0 radical (unpaired) electrons. The second-order valence-electron chi connectivity index (χ2n) is 5.27. The highest BCUT2D eigenvalue weighted by Crippen LogP contribution is 2.20. The Morgan fingerprint density at radius 2 is 2.26 bits per heavy atom. The van der Waals surface area contributed by atoms with Gasteiger partial charge in [0.2, 0.25) is 0 Å². The van der Waals surface area contributed by atoms with E-state index in [2.05, 4.69) is 20.6 Å². The number of halogens is 4. The van der Waals surface area contributed by atoms with Crippen LogP contribution in [0.5, 0.6) is 0 Å². The Morgan fingerprint density at radius 3 is 2.83 bits per heavy atom. The van der Waals surface area contributed by atoms with Gasteiger partial charge in [0, 0.05) is 31.1 Å². The third-order valence-electron chi connectivity index (χ3n) is 3.50. The lowest BCUT2D eigenvalue weighted by molar-refractivity contribution is -0.143. The molecule has 0 spiro atoms. The number of hydrogen-bond donors (Lipinski definition) is 2. The quantitative estimate of drug-likeness (QED) is 0.409. The molecule has 0 aliphatic carbocycles. The van der Waals surface area contributed by atoms with Crippen molar-refractivity contribution >= 4 is 41.3 Å². The molecule has 1 atom stereocenters. The molecule has 10 heteroatoms. The molecular formula is C13H21F3IN5S. The predicted octanol–water partition coefficient (Wildman–Crippen LogP) is 2.37. The number of thiazole rings is 1. The topological polar surface area (TPSA) is 52.6 Å². The van der Waals surface area contributed by atoms with Crippen molar-refractivity contribution in [2.45, 2.75) is 32.1 Å². The number of alkyl halides is 3. The number of guanidine groups is 1. The van der Waals surface area contributed by atoms with Gasteiger partial charge < -0.3 is 10.6 Å². The first-order valence-corrected chi connectivity index (χ1v) is 7.90. The zero-order valence-electron chi connectivity index (χ0n) is 13.0. The molecule has 1 aliphatic rings. The number of rotatable bonds is 4.